The van der Waals surface area contributed by atoms with Gasteiger partial charge in [0.1, 0.15) is 0 Å². The van der Waals surface area contributed by atoms with Crippen LogP contribution in [0.3, 0.4) is 0 Å². The van der Waals surface area contributed by atoms with Crippen molar-refractivity contribution < 1.29 is 4.79 Å². The molecule has 0 aromatic rings. The molecule has 0 N–H and O–H groups in total. The Balaban J connectivity index is 2.66. The van der Waals surface area contributed by atoms with Crippen molar-refractivity contribution in [3.05, 3.63) is 0 Å². The summed E-state index contributed by atoms with van der Waals surface area (Å²) < 4.78 is -0.416. The lowest BCUT2D eigenvalue weighted by molar-refractivity contribution is -0.135. The maximum absolute atomic E-state index is 12.0. The van der Waals surface area contributed by atoms with Crippen molar-refractivity contribution in [1.82, 2.24) is 4.90 Å². The third kappa shape index (κ3) is 2.97. The van der Waals surface area contributed by atoms with Gasteiger partial charge in [0.25, 0.3) is 0 Å². The summed E-state index contributed by atoms with van der Waals surface area (Å²) in [7, 11) is 0. The zero-order valence-electron chi connectivity index (χ0n) is 9.56. The third-order valence-corrected chi connectivity index (χ3v) is 3.04. The summed E-state index contributed by atoms with van der Waals surface area (Å²) in [5.74, 6) is 0.213. The number of amides is 1. The molecular weight excluding hydrogens is 242 g/mol. The van der Waals surface area contributed by atoms with Crippen LogP contribution in [0.4, 0.5) is 0 Å². The van der Waals surface area contributed by atoms with Crippen LogP contribution < -0.4 is 0 Å². The van der Waals surface area contributed by atoms with Crippen LogP contribution in [-0.2, 0) is 4.79 Å². The third-order valence-electron chi connectivity index (χ3n) is 2.70. The van der Waals surface area contributed by atoms with Gasteiger partial charge in [-0.3, -0.25) is 4.79 Å². The number of carbonyl (C=O) groups excluding carboxylic acids is 1. The number of hydrogen-bond donors (Lipinski definition) is 0. The van der Waals surface area contributed by atoms with Crippen LogP contribution in [-0.4, -0.2) is 28.2 Å². The van der Waals surface area contributed by atoms with E-state index in [1.165, 1.54) is 6.42 Å². The minimum absolute atomic E-state index is 0.213. The van der Waals surface area contributed by atoms with Crippen molar-refractivity contribution in [2.45, 2.75) is 44.9 Å². The zero-order chi connectivity index (χ0) is 11.0. The summed E-state index contributed by atoms with van der Waals surface area (Å²) in [5, 5.41) is 0. The highest BCUT2D eigenvalue weighted by molar-refractivity contribution is 9.10. The molecule has 0 aliphatic carbocycles. The summed E-state index contributed by atoms with van der Waals surface area (Å²) in [6.07, 6.45) is 2.35. The number of hydrogen-bond acceptors (Lipinski definition) is 1. The van der Waals surface area contributed by atoms with E-state index in [1.807, 2.05) is 18.7 Å². The quantitative estimate of drug-likeness (QED) is 0.665. The predicted octanol–water partition coefficient (Wildman–Crippen LogP) is 2.81. The fraction of sp³-hybridized carbons (Fsp3) is 0.909. The first kappa shape index (κ1) is 12.0. The van der Waals surface area contributed by atoms with E-state index in [-0.39, 0.29) is 11.3 Å². The molecule has 1 aliphatic rings. The van der Waals surface area contributed by atoms with E-state index in [9.17, 15) is 4.79 Å². The molecule has 1 fully saturated rings. The van der Waals surface area contributed by atoms with Crippen molar-refractivity contribution in [3.63, 3.8) is 0 Å². The van der Waals surface area contributed by atoms with Gasteiger partial charge in [-0.1, -0.05) is 29.8 Å². The Kier molecular flexibility index (Phi) is 3.30. The van der Waals surface area contributed by atoms with E-state index in [2.05, 4.69) is 29.8 Å². The number of likely N-dealkylation sites (tertiary alicyclic amines) is 1. The highest BCUT2D eigenvalue weighted by Crippen LogP contribution is 2.31. The van der Waals surface area contributed by atoms with Crippen LogP contribution in [0.25, 0.3) is 0 Å². The maximum atomic E-state index is 12.0. The molecule has 0 spiro atoms. The Morgan fingerprint density at radius 3 is 2.43 bits per heavy atom. The molecule has 1 amide bonds. The summed E-state index contributed by atoms with van der Waals surface area (Å²) >= 11 is 3.43. The lowest BCUT2D eigenvalue weighted by Gasteiger charge is -2.40. The zero-order valence-corrected chi connectivity index (χ0v) is 11.1. The Bertz CT molecular complexity index is 230. The van der Waals surface area contributed by atoms with Gasteiger partial charge >= 0.3 is 0 Å². The van der Waals surface area contributed by atoms with Crippen LogP contribution in [0.5, 0.6) is 0 Å². The van der Waals surface area contributed by atoms with Crippen molar-refractivity contribution in [1.29, 1.82) is 0 Å². The van der Waals surface area contributed by atoms with Gasteiger partial charge in [0.05, 0.1) is 4.32 Å². The van der Waals surface area contributed by atoms with Gasteiger partial charge in [-0.25, -0.2) is 0 Å². The predicted molar refractivity (Wildman–Crippen MR) is 62.6 cm³/mol. The fourth-order valence-electron chi connectivity index (χ4n) is 1.97. The van der Waals surface area contributed by atoms with E-state index in [1.54, 1.807) is 0 Å². The fourth-order valence-corrected chi connectivity index (χ4v) is 2.22. The van der Waals surface area contributed by atoms with Gasteiger partial charge in [0.2, 0.25) is 5.91 Å². The minimum Gasteiger partial charge on any atom is -0.341 e. The topological polar surface area (TPSA) is 20.3 Å². The Morgan fingerprint density at radius 1 is 1.43 bits per heavy atom. The average molecular weight is 262 g/mol. The Morgan fingerprint density at radius 2 is 2.00 bits per heavy atom. The molecule has 0 unspecified atom stereocenters. The molecule has 0 aromatic heterocycles. The average Bonchev–Trinajstić information content (AvgIpc) is 1.99. The molecule has 0 bridgehead atoms. The van der Waals surface area contributed by atoms with Gasteiger partial charge in [-0.15, -0.1) is 0 Å². The monoisotopic (exact) mass is 261 g/mol. The molecular formula is C11H20BrNO. The second kappa shape index (κ2) is 3.84. The van der Waals surface area contributed by atoms with Gasteiger partial charge in [-0.05, 0) is 32.1 Å². The minimum atomic E-state index is -0.416. The molecule has 2 nitrogen and oxygen atoms in total. The smallest absolute Gasteiger partial charge is 0.238 e. The first-order chi connectivity index (χ1) is 6.22. The summed E-state index contributed by atoms with van der Waals surface area (Å²) in [5.41, 5.74) is 0.284. The summed E-state index contributed by atoms with van der Waals surface area (Å²) in [4.78, 5) is 14.0. The SMILES string of the molecule is CC1(C)CCCN(C(=O)C(C)(C)Br)C1. The van der Waals surface area contributed by atoms with Crippen molar-refractivity contribution in [3.8, 4) is 0 Å². The van der Waals surface area contributed by atoms with Gasteiger partial charge in [0, 0.05) is 13.1 Å². The van der Waals surface area contributed by atoms with Crippen LogP contribution >= 0.6 is 15.9 Å². The van der Waals surface area contributed by atoms with Crippen LogP contribution in [0.1, 0.15) is 40.5 Å². The van der Waals surface area contributed by atoms with Gasteiger partial charge in [-0.2, -0.15) is 0 Å². The lowest BCUT2D eigenvalue weighted by atomic mass is 9.84. The molecule has 1 heterocycles. The molecule has 0 radical (unpaired) electrons. The van der Waals surface area contributed by atoms with Crippen LogP contribution in [0, 0.1) is 5.41 Å². The van der Waals surface area contributed by atoms with Crippen LogP contribution in [0.2, 0.25) is 0 Å². The van der Waals surface area contributed by atoms with E-state index >= 15 is 0 Å². The lowest BCUT2D eigenvalue weighted by Crippen LogP contribution is -2.49. The maximum Gasteiger partial charge on any atom is 0.238 e. The molecule has 14 heavy (non-hydrogen) atoms. The molecule has 1 saturated heterocycles. The Labute approximate surface area is 95.2 Å². The number of rotatable bonds is 1. The number of carbonyl (C=O) groups is 1. The van der Waals surface area contributed by atoms with E-state index in [0.717, 1.165) is 19.5 Å². The normalized spacial score (nSPS) is 22.2. The molecule has 3 heteroatoms. The van der Waals surface area contributed by atoms with Crippen molar-refractivity contribution >= 4 is 21.8 Å². The number of nitrogens with zero attached hydrogens (tertiary/aromatic N) is 1. The molecule has 0 aromatic carbocycles. The van der Waals surface area contributed by atoms with Crippen molar-refractivity contribution in [2.24, 2.45) is 5.41 Å². The number of alkyl halides is 1. The van der Waals surface area contributed by atoms with Crippen LogP contribution in [0.15, 0.2) is 0 Å². The Hall–Kier alpha value is -0.0500. The van der Waals surface area contributed by atoms with Crippen molar-refractivity contribution in [2.75, 3.05) is 13.1 Å². The first-order valence-electron chi connectivity index (χ1n) is 5.21. The van der Waals surface area contributed by atoms with Gasteiger partial charge < -0.3 is 4.90 Å². The van der Waals surface area contributed by atoms with Gasteiger partial charge in [0.15, 0.2) is 0 Å². The highest BCUT2D eigenvalue weighted by Gasteiger charge is 2.34. The standard InChI is InChI=1S/C11H20BrNO/c1-10(2)6-5-7-13(8-10)9(14)11(3,4)12/h5-8H2,1-4H3. The molecule has 82 valence electrons. The summed E-state index contributed by atoms with van der Waals surface area (Å²) in [6.45, 7) is 10.1. The van der Waals surface area contributed by atoms with E-state index < -0.39 is 4.32 Å². The summed E-state index contributed by atoms with van der Waals surface area (Å²) in [6, 6.07) is 0. The number of halogens is 1. The van der Waals surface area contributed by atoms with E-state index in [0.29, 0.717) is 0 Å². The molecule has 0 saturated carbocycles. The largest absolute Gasteiger partial charge is 0.341 e. The second-order valence-electron chi connectivity index (χ2n) is 5.47. The molecule has 1 aliphatic heterocycles. The molecule has 0 atom stereocenters. The highest BCUT2D eigenvalue weighted by atomic mass is 79.9. The molecule has 1 rings (SSSR count). The second-order valence-corrected chi connectivity index (χ2v) is 7.45. The van der Waals surface area contributed by atoms with E-state index in [4.69, 9.17) is 0 Å². The number of piperidine rings is 1. The first-order valence-corrected chi connectivity index (χ1v) is 6.00.